The molecule has 2 aromatic heterocycles. The lowest BCUT2D eigenvalue weighted by Crippen LogP contribution is -2.54. The zero-order valence-electron chi connectivity index (χ0n) is 15.5. The van der Waals surface area contributed by atoms with Crippen LogP contribution in [0.3, 0.4) is 0 Å². The molecular weight excluding hydrogens is 399 g/mol. The van der Waals surface area contributed by atoms with Crippen LogP contribution in [0.5, 0.6) is 0 Å². The fourth-order valence-electron chi connectivity index (χ4n) is 3.17. The third kappa shape index (κ3) is 3.88. The fraction of sp³-hybridized carbons (Fsp3) is 0.200. The van der Waals surface area contributed by atoms with Gasteiger partial charge in [0.05, 0.1) is 23.0 Å². The van der Waals surface area contributed by atoms with Gasteiger partial charge in [0.25, 0.3) is 5.56 Å². The van der Waals surface area contributed by atoms with E-state index in [1.54, 1.807) is 30.6 Å². The molecule has 0 bridgehead atoms. The number of likely N-dealkylation sites (tertiary alicyclic amines) is 1. The molecule has 2 amide bonds. The quantitative estimate of drug-likeness (QED) is 0.711. The van der Waals surface area contributed by atoms with Crippen molar-refractivity contribution in [1.82, 2.24) is 19.7 Å². The molecule has 1 N–H and O–H groups in total. The number of carbonyl (C=O) groups is 1. The molecule has 7 nitrogen and oxygen atoms in total. The zero-order chi connectivity index (χ0) is 21.3. The number of amides is 2. The number of para-hydroxylation sites is 1. The predicted octanol–water partition coefficient (Wildman–Crippen LogP) is 3.41. The van der Waals surface area contributed by atoms with E-state index in [1.807, 2.05) is 0 Å². The molecule has 0 saturated carbocycles. The molecule has 1 saturated heterocycles. The van der Waals surface area contributed by atoms with Gasteiger partial charge in [-0.05, 0) is 30.3 Å². The molecule has 10 heteroatoms. The lowest BCUT2D eigenvalue weighted by molar-refractivity contribution is -0.136. The Kier molecular flexibility index (Phi) is 4.98. The van der Waals surface area contributed by atoms with Crippen molar-refractivity contribution in [3.05, 3.63) is 76.8 Å². The standard InChI is InChI=1S/C20H16F3N5O2/c21-20(22,23)15-3-1-2-4-17(15)25-19(30)27-11-14(12-27)28-18(29)6-5-16(26-28)13-7-9-24-10-8-13/h1-10,14H,11-12H2,(H,25,30). The molecule has 3 heterocycles. The highest BCUT2D eigenvalue weighted by molar-refractivity contribution is 5.90. The number of rotatable bonds is 3. The number of nitrogens with one attached hydrogen (secondary N) is 1. The molecule has 0 aliphatic carbocycles. The highest BCUT2D eigenvalue weighted by Gasteiger charge is 2.36. The van der Waals surface area contributed by atoms with Gasteiger partial charge in [-0.3, -0.25) is 9.78 Å². The Balaban J connectivity index is 1.46. The van der Waals surface area contributed by atoms with E-state index in [0.717, 1.165) is 11.6 Å². The highest BCUT2D eigenvalue weighted by atomic mass is 19.4. The molecule has 1 fully saturated rings. The van der Waals surface area contributed by atoms with Crippen molar-refractivity contribution in [2.45, 2.75) is 12.2 Å². The predicted molar refractivity (Wildman–Crippen MR) is 103 cm³/mol. The van der Waals surface area contributed by atoms with E-state index in [4.69, 9.17) is 0 Å². The molecule has 4 rings (SSSR count). The topological polar surface area (TPSA) is 80.1 Å². The molecule has 0 spiro atoms. The van der Waals surface area contributed by atoms with Crippen molar-refractivity contribution in [1.29, 1.82) is 0 Å². The maximum Gasteiger partial charge on any atom is 0.418 e. The number of nitrogens with zero attached hydrogens (tertiary/aromatic N) is 4. The summed E-state index contributed by atoms with van der Waals surface area (Å²) in [6.45, 7) is 0.319. The molecule has 154 valence electrons. The fourth-order valence-corrected chi connectivity index (χ4v) is 3.17. The summed E-state index contributed by atoms with van der Waals surface area (Å²) in [7, 11) is 0. The summed E-state index contributed by atoms with van der Waals surface area (Å²) in [5.41, 5.74) is -0.178. The molecular formula is C20H16F3N5O2. The van der Waals surface area contributed by atoms with Crippen LogP contribution in [0.15, 0.2) is 65.7 Å². The first-order valence-electron chi connectivity index (χ1n) is 9.05. The van der Waals surface area contributed by atoms with Crippen molar-refractivity contribution in [2.75, 3.05) is 18.4 Å². The monoisotopic (exact) mass is 415 g/mol. The van der Waals surface area contributed by atoms with E-state index in [-0.39, 0.29) is 30.4 Å². The van der Waals surface area contributed by atoms with Gasteiger partial charge in [-0.15, -0.1) is 0 Å². The molecule has 0 atom stereocenters. The van der Waals surface area contributed by atoms with Crippen LogP contribution in [-0.2, 0) is 6.18 Å². The maximum absolute atomic E-state index is 13.1. The van der Waals surface area contributed by atoms with Gasteiger partial charge < -0.3 is 10.2 Å². The van der Waals surface area contributed by atoms with Gasteiger partial charge in [0, 0.05) is 37.1 Å². The second-order valence-electron chi connectivity index (χ2n) is 6.77. The zero-order valence-corrected chi connectivity index (χ0v) is 15.5. The van der Waals surface area contributed by atoms with Crippen molar-refractivity contribution < 1.29 is 18.0 Å². The van der Waals surface area contributed by atoms with E-state index < -0.39 is 17.8 Å². The minimum atomic E-state index is -4.58. The summed E-state index contributed by atoms with van der Waals surface area (Å²) in [5.74, 6) is 0. The number of aromatic nitrogens is 3. The Morgan fingerprint density at radius 3 is 2.43 bits per heavy atom. The second kappa shape index (κ2) is 7.62. The molecule has 1 aliphatic rings. The van der Waals surface area contributed by atoms with Crippen LogP contribution in [0.4, 0.5) is 23.7 Å². The normalized spacial score (nSPS) is 14.3. The maximum atomic E-state index is 13.1. The van der Waals surface area contributed by atoms with Crippen molar-refractivity contribution in [3.8, 4) is 11.3 Å². The van der Waals surface area contributed by atoms with E-state index in [0.29, 0.717) is 5.69 Å². The Bertz CT molecular complexity index is 1130. The second-order valence-corrected chi connectivity index (χ2v) is 6.77. The number of pyridine rings is 1. The number of anilines is 1. The largest absolute Gasteiger partial charge is 0.418 e. The number of urea groups is 1. The Morgan fingerprint density at radius 1 is 1.03 bits per heavy atom. The van der Waals surface area contributed by atoms with E-state index >= 15 is 0 Å². The average molecular weight is 415 g/mol. The Labute approximate surface area is 168 Å². The van der Waals surface area contributed by atoms with Crippen LogP contribution in [0.25, 0.3) is 11.3 Å². The van der Waals surface area contributed by atoms with E-state index in [1.165, 1.54) is 33.8 Å². The first-order chi connectivity index (χ1) is 14.3. The van der Waals surface area contributed by atoms with E-state index in [9.17, 15) is 22.8 Å². The minimum Gasteiger partial charge on any atom is -0.320 e. The first kappa shape index (κ1) is 19.6. The van der Waals surface area contributed by atoms with E-state index in [2.05, 4.69) is 15.4 Å². The summed E-state index contributed by atoms with van der Waals surface area (Å²) in [5, 5.41) is 6.65. The molecule has 1 aliphatic heterocycles. The van der Waals surface area contributed by atoms with Crippen LogP contribution in [0.1, 0.15) is 11.6 Å². The lowest BCUT2D eigenvalue weighted by atomic mass is 10.1. The van der Waals surface area contributed by atoms with Crippen LogP contribution >= 0.6 is 0 Å². The molecule has 30 heavy (non-hydrogen) atoms. The van der Waals surface area contributed by atoms with Gasteiger partial charge in [0.2, 0.25) is 0 Å². The number of alkyl halides is 3. The van der Waals surface area contributed by atoms with Gasteiger partial charge in [0.15, 0.2) is 0 Å². The summed E-state index contributed by atoms with van der Waals surface area (Å²) in [6, 6.07) is 10.3. The number of benzene rings is 1. The number of hydrogen-bond acceptors (Lipinski definition) is 4. The highest BCUT2D eigenvalue weighted by Crippen LogP contribution is 2.35. The number of hydrogen-bond donors (Lipinski definition) is 1. The lowest BCUT2D eigenvalue weighted by Gasteiger charge is -2.39. The van der Waals surface area contributed by atoms with Crippen LogP contribution in [0.2, 0.25) is 0 Å². The smallest absolute Gasteiger partial charge is 0.320 e. The van der Waals surface area contributed by atoms with Crippen LogP contribution in [0, 0.1) is 0 Å². The van der Waals surface area contributed by atoms with Crippen LogP contribution in [-0.4, -0.2) is 38.8 Å². The average Bonchev–Trinajstić information content (AvgIpc) is 2.68. The number of carbonyl (C=O) groups excluding carboxylic acids is 1. The summed E-state index contributed by atoms with van der Waals surface area (Å²) in [4.78, 5) is 29.8. The third-order valence-corrected chi connectivity index (χ3v) is 4.77. The van der Waals surface area contributed by atoms with Crippen molar-refractivity contribution in [3.63, 3.8) is 0 Å². The van der Waals surface area contributed by atoms with Crippen LogP contribution < -0.4 is 10.9 Å². The minimum absolute atomic E-state index is 0.159. The number of halogens is 3. The molecule has 0 radical (unpaired) electrons. The Hall–Kier alpha value is -3.69. The van der Waals surface area contributed by atoms with Crippen molar-refractivity contribution >= 4 is 11.7 Å². The van der Waals surface area contributed by atoms with Gasteiger partial charge in [0.1, 0.15) is 0 Å². The molecule has 0 unspecified atom stereocenters. The summed E-state index contributed by atoms with van der Waals surface area (Å²) < 4.78 is 40.6. The van der Waals surface area contributed by atoms with Gasteiger partial charge in [-0.1, -0.05) is 12.1 Å². The molecule has 1 aromatic carbocycles. The first-order valence-corrected chi connectivity index (χ1v) is 9.05. The van der Waals surface area contributed by atoms with Crippen molar-refractivity contribution in [2.24, 2.45) is 0 Å². The van der Waals surface area contributed by atoms with Gasteiger partial charge in [-0.25, -0.2) is 9.48 Å². The molecule has 3 aromatic rings. The third-order valence-electron chi connectivity index (χ3n) is 4.77. The summed E-state index contributed by atoms with van der Waals surface area (Å²) >= 11 is 0. The van der Waals surface area contributed by atoms with Gasteiger partial charge in [-0.2, -0.15) is 18.3 Å². The van der Waals surface area contributed by atoms with Gasteiger partial charge >= 0.3 is 12.2 Å². The summed E-state index contributed by atoms with van der Waals surface area (Å²) in [6.07, 6.45) is -1.35. The Morgan fingerprint density at radius 2 is 1.73 bits per heavy atom. The SMILES string of the molecule is O=C(Nc1ccccc1C(F)(F)F)N1CC(n2nc(-c3ccncc3)ccc2=O)C1.